The van der Waals surface area contributed by atoms with Gasteiger partial charge in [0.25, 0.3) is 0 Å². The number of benzene rings is 1. The van der Waals surface area contributed by atoms with Crippen molar-refractivity contribution in [2.75, 3.05) is 0 Å². The Hall–Kier alpha value is -0.780. The van der Waals surface area contributed by atoms with Crippen LogP contribution in [0, 0.1) is 17.3 Å². The third kappa shape index (κ3) is 3.86. The average molecular weight is 246 g/mol. The molecule has 0 saturated carbocycles. The maximum atomic E-state index is 2.43. The fraction of sp³-hybridized carbons (Fsp3) is 0.667. The summed E-state index contributed by atoms with van der Waals surface area (Å²) in [6.45, 7) is 14.3. The molecule has 0 aliphatic carbocycles. The van der Waals surface area contributed by atoms with E-state index >= 15 is 0 Å². The van der Waals surface area contributed by atoms with Crippen molar-refractivity contribution in [2.45, 2.75) is 60.3 Å². The Balaban J connectivity index is 2.89. The van der Waals surface area contributed by atoms with Crippen molar-refractivity contribution >= 4 is 0 Å². The lowest BCUT2D eigenvalue weighted by Gasteiger charge is -2.36. The van der Waals surface area contributed by atoms with E-state index in [1.165, 1.54) is 18.4 Å². The SMILES string of the molecule is CCC(C)C(C)(C)CC(c1ccccc1)C(C)C. The van der Waals surface area contributed by atoms with E-state index < -0.39 is 0 Å². The molecule has 0 N–H and O–H groups in total. The van der Waals surface area contributed by atoms with Crippen LogP contribution in [-0.4, -0.2) is 0 Å². The predicted octanol–water partition coefficient (Wildman–Crippen LogP) is 5.89. The lowest BCUT2D eigenvalue weighted by atomic mass is 9.69. The first-order chi connectivity index (χ1) is 8.38. The minimum atomic E-state index is 0.416. The van der Waals surface area contributed by atoms with Gasteiger partial charge < -0.3 is 0 Å². The summed E-state index contributed by atoms with van der Waals surface area (Å²) in [6.07, 6.45) is 2.55. The zero-order valence-corrected chi connectivity index (χ0v) is 13.0. The minimum Gasteiger partial charge on any atom is -0.0651 e. The summed E-state index contributed by atoms with van der Waals surface area (Å²) in [5.74, 6) is 2.16. The molecule has 2 atom stereocenters. The van der Waals surface area contributed by atoms with Crippen molar-refractivity contribution < 1.29 is 0 Å². The number of hydrogen-bond acceptors (Lipinski definition) is 0. The molecule has 102 valence electrons. The molecule has 0 spiro atoms. The fourth-order valence-electron chi connectivity index (χ4n) is 2.76. The van der Waals surface area contributed by atoms with Crippen molar-refractivity contribution in [2.24, 2.45) is 17.3 Å². The third-order valence-electron chi connectivity index (χ3n) is 4.72. The first kappa shape index (κ1) is 15.3. The van der Waals surface area contributed by atoms with Crippen molar-refractivity contribution in [3.8, 4) is 0 Å². The van der Waals surface area contributed by atoms with Gasteiger partial charge in [0.05, 0.1) is 0 Å². The molecule has 0 radical (unpaired) electrons. The number of rotatable bonds is 6. The van der Waals surface area contributed by atoms with Crippen LogP contribution in [0.5, 0.6) is 0 Å². The third-order valence-corrected chi connectivity index (χ3v) is 4.72. The van der Waals surface area contributed by atoms with Crippen molar-refractivity contribution in [3.05, 3.63) is 35.9 Å². The van der Waals surface area contributed by atoms with Gasteiger partial charge in [0, 0.05) is 0 Å². The zero-order valence-electron chi connectivity index (χ0n) is 13.0. The predicted molar refractivity (Wildman–Crippen MR) is 81.9 cm³/mol. The molecule has 0 fully saturated rings. The van der Waals surface area contributed by atoms with Gasteiger partial charge in [0.15, 0.2) is 0 Å². The summed E-state index contributed by atoms with van der Waals surface area (Å²) in [7, 11) is 0. The molecule has 1 rings (SSSR count). The van der Waals surface area contributed by atoms with Gasteiger partial charge >= 0.3 is 0 Å². The van der Waals surface area contributed by atoms with Crippen LogP contribution in [-0.2, 0) is 0 Å². The van der Waals surface area contributed by atoms with Gasteiger partial charge in [-0.3, -0.25) is 0 Å². The van der Waals surface area contributed by atoms with Crippen LogP contribution in [0.3, 0.4) is 0 Å². The lowest BCUT2D eigenvalue weighted by Crippen LogP contribution is -2.25. The highest BCUT2D eigenvalue weighted by molar-refractivity contribution is 5.20. The molecule has 0 aliphatic heterocycles. The van der Waals surface area contributed by atoms with E-state index in [0.717, 1.165) is 5.92 Å². The number of hydrogen-bond donors (Lipinski definition) is 0. The minimum absolute atomic E-state index is 0.416. The highest BCUT2D eigenvalue weighted by Gasteiger charge is 2.30. The standard InChI is InChI=1S/C18H30/c1-7-15(4)18(5,6)13-17(14(2)3)16-11-9-8-10-12-16/h8-12,14-15,17H,7,13H2,1-6H3. The van der Waals surface area contributed by atoms with Gasteiger partial charge in [-0.1, -0.05) is 78.3 Å². The van der Waals surface area contributed by atoms with Crippen molar-refractivity contribution in [3.63, 3.8) is 0 Å². The summed E-state index contributed by atoms with van der Waals surface area (Å²) in [5.41, 5.74) is 1.92. The van der Waals surface area contributed by atoms with E-state index in [-0.39, 0.29) is 0 Å². The normalized spacial score (nSPS) is 15.7. The van der Waals surface area contributed by atoms with Crippen LogP contribution in [0.4, 0.5) is 0 Å². The first-order valence-corrected chi connectivity index (χ1v) is 7.43. The van der Waals surface area contributed by atoms with E-state index in [2.05, 4.69) is 71.9 Å². The molecule has 0 aromatic heterocycles. The summed E-state index contributed by atoms with van der Waals surface area (Å²) in [6, 6.07) is 11.0. The fourth-order valence-corrected chi connectivity index (χ4v) is 2.76. The lowest BCUT2D eigenvalue weighted by molar-refractivity contribution is 0.176. The summed E-state index contributed by atoms with van der Waals surface area (Å²) in [4.78, 5) is 0. The van der Waals surface area contributed by atoms with Gasteiger partial charge in [0.2, 0.25) is 0 Å². The quantitative estimate of drug-likeness (QED) is 0.587. The molecule has 0 nitrogen and oxygen atoms in total. The van der Waals surface area contributed by atoms with Crippen molar-refractivity contribution in [1.29, 1.82) is 0 Å². The molecular weight excluding hydrogens is 216 g/mol. The molecule has 18 heavy (non-hydrogen) atoms. The smallest absolute Gasteiger partial charge is 0.0134 e. The van der Waals surface area contributed by atoms with E-state index in [9.17, 15) is 0 Å². The molecule has 0 saturated heterocycles. The Morgan fingerprint density at radius 1 is 1.00 bits per heavy atom. The van der Waals surface area contributed by atoms with E-state index in [1.54, 1.807) is 0 Å². The highest BCUT2D eigenvalue weighted by Crippen LogP contribution is 2.41. The maximum Gasteiger partial charge on any atom is -0.0134 e. The van der Waals surface area contributed by atoms with Gasteiger partial charge in [-0.2, -0.15) is 0 Å². The van der Waals surface area contributed by atoms with Gasteiger partial charge in [-0.25, -0.2) is 0 Å². The Labute approximate surface area is 114 Å². The largest absolute Gasteiger partial charge is 0.0651 e. The van der Waals surface area contributed by atoms with Gasteiger partial charge in [-0.15, -0.1) is 0 Å². The Morgan fingerprint density at radius 3 is 2.00 bits per heavy atom. The summed E-state index contributed by atoms with van der Waals surface area (Å²) >= 11 is 0. The van der Waals surface area contributed by atoms with Crippen LogP contribution in [0.25, 0.3) is 0 Å². The maximum absolute atomic E-state index is 2.43. The molecule has 0 bridgehead atoms. The Bertz CT molecular complexity index is 334. The summed E-state index contributed by atoms with van der Waals surface area (Å²) < 4.78 is 0. The topological polar surface area (TPSA) is 0 Å². The summed E-state index contributed by atoms with van der Waals surface area (Å²) in [5, 5.41) is 0. The average Bonchev–Trinajstić information content (AvgIpc) is 2.35. The Kier molecular flexibility index (Phi) is 5.44. The molecular formula is C18H30. The molecule has 0 amide bonds. The van der Waals surface area contributed by atoms with Crippen LogP contribution >= 0.6 is 0 Å². The molecule has 0 heteroatoms. The highest BCUT2D eigenvalue weighted by atomic mass is 14.3. The van der Waals surface area contributed by atoms with E-state index in [1.807, 2.05) is 0 Å². The van der Waals surface area contributed by atoms with Crippen LogP contribution < -0.4 is 0 Å². The second kappa shape index (κ2) is 6.41. The second-order valence-corrected chi connectivity index (χ2v) is 6.76. The van der Waals surface area contributed by atoms with Crippen LogP contribution in [0.1, 0.15) is 65.9 Å². The first-order valence-electron chi connectivity index (χ1n) is 7.43. The van der Waals surface area contributed by atoms with Crippen molar-refractivity contribution in [1.82, 2.24) is 0 Å². The zero-order chi connectivity index (χ0) is 13.8. The van der Waals surface area contributed by atoms with Gasteiger partial charge in [0.1, 0.15) is 0 Å². The monoisotopic (exact) mass is 246 g/mol. The van der Waals surface area contributed by atoms with E-state index in [0.29, 0.717) is 17.3 Å². The van der Waals surface area contributed by atoms with Crippen LogP contribution in [0.2, 0.25) is 0 Å². The molecule has 2 unspecified atom stereocenters. The Morgan fingerprint density at radius 2 is 1.56 bits per heavy atom. The second-order valence-electron chi connectivity index (χ2n) is 6.76. The molecule has 1 aromatic rings. The molecule has 1 aromatic carbocycles. The molecule has 0 heterocycles. The molecule has 0 aliphatic rings. The van der Waals surface area contributed by atoms with E-state index in [4.69, 9.17) is 0 Å². The van der Waals surface area contributed by atoms with Gasteiger partial charge in [-0.05, 0) is 35.2 Å². The van der Waals surface area contributed by atoms with Crippen LogP contribution in [0.15, 0.2) is 30.3 Å².